The second kappa shape index (κ2) is 12.7. The van der Waals surface area contributed by atoms with Gasteiger partial charge >= 0.3 is 11.9 Å². The Morgan fingerprint density at radius 1 is 1.09 bits per heavy atom. The van der Waals surface area contributed by atoms with Crippen molar-refractivity contribution in [1.82, 2.24) is 4.90 Å². The molecule has 3 heterocycles. The smallest absolute Gasteiger partial charge is 0.339 e. The summed E-state index contributed by atoms with van der Waals surface area (Å²) in [6.45, 7) is 7.53. The van der Waals surface area contributed by atoms with E-state index in [2.05, 4.69) is 17.9 Å². The van der Waals surface area contributed by atoms with Crippen molar-refractivity contribution in [1.29, 1.82) is 0 Å². The molecule has 2 unspecified atom stereocenters. The van der Waals surface area contributed by atoms with Gasteiger partial charge in [-0.25, -0.2) is 4.79 Å². The standard InChI is InChI=1S/C33H47NO9/c1-5-6-7-16-40-27(35)20-33(38,13-8-11-31(2,3)37)30(36)43-29-26(39-4)19-32-12-9-14-34(32)15-10-22-17-24-25(42-21-41-24)18-23(22)28(29)32/h17-19,28-29,37-38H,5-16,20-21H2,1-4H3/t28-,29?,32+,33?/m1/s1. The maximum Gasteiger partial charge on any atom is 0.339 e. The number of ether oxygens (including phenoxy) is 5. The minimum Gasteiger partial charge on any atom is -0.497 e. The highest BCUT2D eigenvalue weighted by atomic mass is 16.7. The van der Waals surface area contributed by atoms with Crippen LogP contribution in [0.5, 0.6) is 11.5 Å². The van der Waals surface area contributed by atoms with Gasteiger partial charge in [0, 0.05) is 6.54 Å². The maximum absolute atomic E-state index is 14.0. The SMILES string of the molecule is CCCCCOC(=O)CC(O)(CCCC(C)(C)O)C(=O)OC1C(OC)=C[C@]23CCCN2CCc2cc4c(cc2[C@H]13)OCO4. The van der Waals surface area contributed by atoms with Gasteiger partial charge in [0.25, 0.3) is 0 Å². The lowest BCUT2D eigenvalue weighted by atomic mass is 9.77. The molecule has 0 aromatic heterocycles. The Balaban J connectivity index is 1.44. The zero-order valence-corrected chi connectivity index (χ0v) is 26.0. The number of esters is 2. The first-order valence-electron chi connectivity index (χ1n) is 15.8. The third kappa shape index (κ3) is 6.51. The Morgan fingerprint density at radius 3 is 2.58 bits per heavy atom. The highest BCUT2D eigenvalue weighted by Gasteiger charge is 2.59. The van der Waals surface area contributed by atoms with E-state index in [1.165, 1.54) is 0 Å². The number of carbonyl (C=O) groups is 2. The summed E-state index contributed by atoms with van der Waals surface area (Å²) in [6, 6.07) is 4.03. The molecule has 1 aliphatic carbocycles. The molecule has 3 aliphatic heterocycles. The van der Waals surface area contributed by atoms with Crippen LogP contribution in [0, 0.1) is 0 Å². The number of unbranched alkanes of at least 4 members (excludes halogenated alkanes) is 2. The topological polar surface area (TPSA) is 124 Å². The van der Waals surface area contributed by atoms with Gasteiger partial charge in [-0.05, 0) is 94.7 Å². The van der Waals surface area contributed by atoms with Crippen LogP contribution in [0.15, 0.2) is 24.0 Å². The first kappa shape index (κ1) is 31.6. The molecule has 2 N–H and O–H groups in total. The van der Waals surface area contributed by atoms with Gasteiger partial charge in [0.15, 0.2) is 23.2 Å². The zero-order valence-electron chi connectivity index (χ0n) is 26.0. The van der Waals surface area contributed by atoms with Crippen molar-refractivity contribution in [3.8, 4) is 11.5 Å². The van der Waals surface area contributed by atoms with Crippen molar-refractivity contribution in [3.63, 3.8) is 0 Å². The maximum atomic E-state index is 14.0. The molecule has 10 heteroatoms. The van der Waals surface area contributed by atoms with E-state index in [4.69, 9.17) is 23.7 Å². The van der Waals surface area contributed by atoms with E-state index in [1.54, 1.807) is 21.0 Å². The molecule has 1 fully saturated rings. The molecular weight excluding hydrogens is 554 g/mol. The van der Waals surface area contributed by atoms with Gasteiger partial charge in [-0.2, -0.15) is 0 Å². The van der Waals surface area contributed by atoms with Crippen LogP contribution in [0.4, 0.5) is 0 Å². The van der Waals surface area contributed by atoms with Crippen molar-refractivity contribution in [2.24, 2.45) is 0 Å². The molecule has 0 radical (unpaired) electrons. The fourth-order valence-electron chi connectivity index (χ4n) is 7.22. The first-order chi connectivity index (χ1) is 20.5. The van der Waals surface area contributed by atoms with Gasteiger partial charge in [0.05, 0.1) is 37.2 Å². The quantitative estimate of drug-likeness (QED) is 0.252. The molecule has 0 amide bonds. The predicted molar refractivity (Wildman–Crippen MR) is 158 cm³/mol. The Morgan fingerprint density at radius 2 is 1.86 bits per heavy atom. The molecule has 0 bridgehead atoms. The van der Waals surface area contributed by atoms with Gasteiger partial charge in [-0.3, -0.25) is 9.69 Å². The molecule has 1 spiro atoms. The summed E-state index contributed by atoms with van der Waals surface area (Å²) in [5.74, 6) is 0.0398. The van der Waals surface area contributed by atoms with Crippen LogP contribution < -0.4 is 9.47 Å². The number of nitrogens with zero attached hydrogens (tertiary/aromatic N) is 1. The molecule has 1 aromatic carbocycles. The van der Waals surface area contributed by atoms with Crippen molar-refractivity contribution in [3.05, 3.63) is 35.1 Å². The Labute approximate surface area is 254 Å². The number of fused-ring (bicyclic) bond motifs is 3. The minimum atomic E-state index is -2.13. The van der Waals surface area contributed by atoms with E-state index in [-0.39, 0.29) is 25.7 Å². The van der Waals surface area contributed by atoms with Gasteiger partial charge in [-0.15, -0.1) is 0 Å². The number of benzene rings is 1. The van der Waals surface area contributed by atoms with Crippen LogP contribution in [-0.4, -0.2) is 83.5 Å². The third-order valence-corrected chi connectivity index (χ3v) is 9.40. The second-order valence-electron chi connectivity index (χ2n) is 13.1. The van der Waals surface area contributed by atoms with Gasteiger partial charge in [0.1, 0.15) is 5.76 Å². The first-order valence-corrected chi connectivity index (χ1v) is 15.8. The number of rotatable bonds is 13. The normalized spacial score (nSPS) is 25.6. The Kier molecular flexibility index (Phi) is 9.30. The van der Waals surface area contributed by atoms with Gasteiger partial charge in [0.2, 0.25) is 6.79 Å². The molecule has 43 heavy (non-hydrogen) atoms. The third-order valence-electron chi connectivity index (χ3n) is 9.40. The van der Waals surface area contributed by atoms with Crippen LogP contribution in [-0.2, 0) is 30.2 Å². The lowest BCUT2D eigenvalue weighted by Gasteiger charge is -2.39. The summed E-state index contributed by atoms with van der Waals surface area (Å²) >= 11 is 0. The number of aliphatic hydroxyl groups is 2. The lowest BCUT2D eigenvalue weighted by Crippen LogP contribution is -2.49. The van der Waals surface area contributed by atoms with E-state index < -0.39 is 41.2 Å². The lowest BCUT2D eigenvalue weighted by molar-refractivity contribution is -0.179. The fraction of sp³-hybridized carbons (Fsp3) is 0.697. The summed E-state index contributed by atoms with van der Waals surface area (Å²) in [5.41, 5.74) is -1.43. The van der Waals surface area contributed by atoms with Crippen molar-refractivity contribution in [2.75, 3.05) is 33.6 Å². The summed E-state index contributed by atoms with van der Waals surface area (Å²) in [5, 5.41) is 22.0. The summed E-state index contributed by atoms with van der Waals surface area (Å²) in [6.07, 6.45) is 6.61. The van der Waals surface area contributed by atoms with Crippen LogP contribution >= 0.6 is 0 Å². The predicted octanol–water partition coefficient (Wildman–Crippen LogP) is 4.14. The second-order valence-corrected chi connectivity index (χ2v) is 13.1. The van der Waals surface area contributed by atoms with E-state index in [9.17, 15) is 19.8 Å². The average molecular weight is 602 g/mol. The zero-order chi connectivity index (χ0) is 30.8. The molecule has 238 valence electrons. The molecule has 1 aromatic rings. The van der Waals surface area contributed by atoms with E-state index in [1.807, 2.05) is 12.1 Å². The number of carbonyl (C=O) groups excluding carboxylic acids is 2. The Hall–Kier alpha value is -2.82. The summed E-state index contributed by atoms with van der Waals surface area (Å²) in [4.78, 5) is 29.3. The monoisotopic (exact) mass is 601 g/mol. The molecular formula is C33H47NO9. The van der Waals surface area contributed by atoms with E-state index >= 15 is 0 Å². The van der Waals surface area contributed by atoms with Crippen LogP contribution in [0.25, 0.3) is 0 Å². The van der Waals surface area contributed by atoms with Crippen LogP contribution in [0.1, 0.15) is 95.6 Å². The summed E-state index contributed by atoms with van der Waals surface area (Å²) < 4.78 is 28.9. The average Bonchev–Trinajstić information content (AvgIpc) is 3.64. The molecule has 0 saturated carbocycles. The van der Waals surface area contributed by atoms with Gasteiger partial charge in [-0.1, -0.05) is 19.8 Å². The molecule has 10 nitrogen and oxygen atoms in total. The van der Waals surface area contributed by atoms with Crippen LogP contribution in [0.2, 0.25) is 0 Å². The van der Waals surface area contributed by atoms with E-state index in [0.717, 1.165) is 56.3 Å². The van der Waals surface area contributed by atoms with Crippen molar-refractivity contribution >= 4 is 11.9 Å². The minimum absolute atomic E-state index is 0.0597. The largest absolute Gasteiger partial charge is 0.497 e. The van der Waals surface area contributed by atoms with Crippen molar-refractivity contribution in [2.45, 2.75) is 114 Å². The number of hydrogen-bond donors (Lipinski definition) is 2. The van der Waals surface area contributed by atoms with Crippen LogP contribution in [0.3, 0.4) is 0 Å². The molecule has 4 aliphatic rings. The molecule has 5 rings (SSSR count). The Bertz CT molecular complexity index is 1220. The number of hydrogen-bond acceptors (Lipinski definition) is 10. The van der Waals surface area contributed by atoms with E-state index in [0.29, 0.717) is 36.5 Å². The highest BCUT2D eigenvalue weighted by molar-refractivity contribution is 5.86. The molecule has 1 saturated heterocycles. The fourth-order valence-corrected chi connectivity index (χ4v) is 7.22. The highest BCUT2D eigenvalue weighted by Crippen LogP contribution is 2.55. The van der Waals surface area contributed by atoms with Gasteiger partial charge < -0.3 is 33.9 Å². The van der Waals surface area contributed by atoms with Crippen molar-refractivity contribution < 1.29 is 43.5 Å². The molecule has 4 atom stereocenters. The number of methoxy groups -OCH3 is 1. The summed E-state index contributed by atoms with van der Waals surface area (Å²) in [7, 11) is 1.57.